The number of rotatable bonds is 5. The van der Waals surface area contributed by atoms with Crippen LogP contribution in [0.3, 0.4) is 0 Å². The van der Waals surface area contributed by atoms with E-state index in [0.29, 0.717) is 6.54 Å². The smallest absolute Gasteiger partial charge is 0.232 e. The summed E-state index contributed by atoms with van der Waals surface area (Å²) < 4.78 is 5.28. The minimum Gasteiger partial charge on any atom is -0.497 e. The Bertz CT molecular complexity index is 916. The van der Waals surface area contributed by atoms with Gasteiger partial charge in [-0.1, -0.05) is 48.5 Å². The molecular weight excluding hydrogens is 322 g/mol. The Hall–Kier alpha value is -2.81. The molecule has 0 aliphatic heterocycles. The molecule has 0 radical (unpaired) electrons. The first-order chi connectivity index (χ1) is 12.4. The molecule has 3 nitrogen and oxygen atoms in total. The van der Waals surface area contributed by atoms with E-state index in [2.05, 4.69) is 18.2 Å². The zero-order valence-corrected chi connectivity index (χ0v) is 15.8. The number of carbonyl (C=O) groups is 1. The second-order valence-electron chi connectivity index (χ2n) is 7.20. The number of nitrogens with zero attached hydrogens (tertiary/aromatic N) is 1. The van der Waals surface area contributed by atoms with Crippen molar-refractivity contribution in [3.05, 3.63) is 77.9 Å². The van der Waals surface area contributed by atoms with E-state index in [9.17, 15) is 4.79 Å². The van der Waals surface area contributed by atoms with Crippen LogP contribution in [0.1, 0.15) is 25.0 Å². The van der Waals surface area contributed by atoms with Crippen LogP contribution in [-0.2, 0) is 16.8 Å². The van der Waals surface area contributed by atoms with Gasteiger partial charge < -0.3 is 9.64 Å². The quantitative estimate of drug-likeness (QED) is 0.664. The highest BCUT2D eigenvalue weighted by molar-refractivity contribution is 5.88. The van der Waals surface area contributed by atoms with E-state index in [-0.39, 0.29) is 5.91 Å². The van der Waals surface area contributed by atoms with Crippen LogP contribution in [0.5, 0.6) is 5.75 Å². The highest BCUT2D eigenvalue weighted by atomic mass is 16.5. The molecule has 3 heteroatoms. The lowest BCUT2D eigenvalue weighted by Gasteiger charge is -2.30. The van der Waals surface area contributed by atoms with Crippen molar-refractivity contribution < 1.29 is 9.53 Å². The Labute approximate surface area is 155 Å². The molecule has 0 aromatic heterocycles. The Balaban J connectivity index is 1.79. The van der Waals surface area contributed by atoms with Crippen LogP contribution in [0.2, 0.25) is 0 Å². The molecule has 3 aromatic rings. The van der Waals surface area contributed by atoms with Gasteiger partial charge in [-0.05, 0) is 53.9 Å². The van der Waals surface area contributed by atoms with Gasteiger partial charge in [-0.3, -0.25) is 4.79 Å². The van der Waals surface area contributed by atoms with Crippen LogP contribution in [0.25, 0.3) is 10.8 Å². The molecule has 0 saturated heterocycles. The summed E-state index contributed by atoms with van der Waals surface area (Å²) in [6.45, 7) is 4.54. The Morgan fingerprint density at radius 2 is 1.62 bits per heavy atom. The number of ether oxygens (including phenoxy) is 1. The third kappa shape index (κ3) is 3.57. The molecule has 1 amide bonds. The van der Waals surface area contributed by atoms with Crippen LogP contribution in [0.15, 0.2) is 66.7 Å². The zero-order valence-electron chi connectivity index (χ0n) is 15.8. The van der Waals surface area contributed by atoms with Gasteiger partial charge in [-0.15, -0.1) is 0 Å². The first-order valence-electron chi connectivity index (χ1n) is 8.79. The van der Waals surface area contributed by atoms with Crippen LogP contribution in [-0.4, -0.2) is 25.0 Å². The van der Waals surface area contributed by atoms with Crippen molar-refractivity contribution in [1.29, 1.82) is 0 Å². The molecule has 0 bridgehead atoms. The van der Waals surface area contributed by atoms with Crippen molar-refractivity contribution in [1.82, 2.24) is 4.90 Å². The molecule has 0 saturated carbocycles. The van der Waals surface area contributed by atoms with Crippen LogP contribution >= 0.6 is 0 Å². The fraction of sp³-hybridized carbons (Fsp3) is 0.261. The third-order valence-electron chi connectivity index (χ3n) is 4.91. The van der Waals surface area contributed by atoms with Crippen molar-refractivity contribution in [3.63, 3.8) is 0 Å². The molecule has 0 fully saturated rings. The van der Waals surface area contributed by atoms with E-state index >= 15 is 0 Å². The van der Waals surface area contributed by atoms with Gasteiger partial charge in [0.25, 0.3) is 0 Å². The van der Waals surface area contributed by atoms with Gasteiger partial charge in [-0.2, -0.15) is 0 Å². The maximum absolute atomic E-state index is 13.0. The first-order valence-corrected chi connectivity index (χ1v) is 8.79. The van der Waals surface area contributed by atoms with Gasteiger partial charge in [-0.25, -0.2) is 0 Å². The summed E-state index contributed by atoms with van der Waals surface area (Å²) in [6, 6.07) is 22.2. The SMILES string of the molecule is COc1ccc2cc(CN(C)C(=O)C(C)(C)c3ccccc3)ccc2c1. The van der Waals surface area contributed by atoms with Crippen molar-refractivity contribution in [3.8, 4) is 5.75 Å². The monoisotopic (exact) mass is 347 g/mol. The fourth-order valence-electron chi connectivity index (χ4n) is 3.30. The predicted octanol–water partition coefficient (Wildman–Crippen LogP) is 4.78. The number of benzene rings is 3. The Morgan fingerprint density at radius 1 is 0.962 bits per heavy atom. The number of hydrogen-bond acceptors (Lipinski definition) is 2. The van der Waals surface area contributed by atoms with E-state index in [1.165, 1.54) is 0 Å². The molecule has 0 heterocycles. The number of likely N-dealkylation sites (N-methyl/N-ethyl adjacent to an activating group) is 1. The zero-order chi connectivity index (χ0) is 18.7. The molecule has 0 atom stereocenters. The van der Waals surface area contributed by atoms with Crippen molar-refractivity contribution in [2.75, 3.05) is 14.2 Å². The number of carbonyl (C=O) groups excluding carboxylic acids is 1. The molecule has 0 spiro atoms. The molecule has 0 aliphatic carbocycles. The second kappa shape index (κ2) is 7.20. The van der Waals surface area contributed by atoms with E-state index in [1.807, 2.05) is 69.4 Å². The number of fused-ring (bicyclic) bond motifs is 1. The van der Waals surface area contributed by atoms with E-state index < -0.39 is 5.41 Å². The molecule has 0 N–H and O–H groups in total. The largest absolute Gasteiger partial charge is 0.497 e. The minimum absolute atomic E-state index is 0.110. The molecule has 3 rings (SSSR count). The summed E-state index contributed by atoms with van der Waals surface area (Å²) >= 11 is 0. The fourth-order valence-corrected chi connectivity index (χ4v) is 3.30. The van der Waals surface area contributed by atoms with Crippen LogP contribution in [0, 0.1) is 0 Å². The van der Waals surface area contributed by atoms with Gasteiger partial charge in [0.2, 0.25) is 5.91 Å². The Kier molecular flexibility index (Phi) is 4.99. The minimum atomic E-state index is -0.555. The van der Waals surface area contributed by atoms with Gasteiger partial charge in [0.15, 0.2) is 0 Å². The van der Waals surface area contributed by atoms with Gasteiger partial charge in [0.1, 0.15) is 5.75 Å². The highest BCUT2D eigenvalue weighted by Gasteiger charge is 2.32. The molecule has 134 valence electrons. The number of amides is 1. The summed E-state index contributed by atoms with van der Waals surface area (Å²) in [7, 11) is 3.54. The molecule has 0 aliphatic rings. The lowest BCUT2D eigenvalue weighted by molar-refractivity contribution is -0.135. The van der Waals surface area contributed by atoms with Crippen LogP contribution in [0.4, 0.5) is 0 Å². The molecular formula is C23H25NO2. The van der Waals surface area contributed by atoms with Crippen molar-refractivity contribution in [2.24, 2.45) is 0 Å². The standard InChI is InChI=1S/C23H25NO2/c1-23(2,20-8-6-5-7-9-20)22(25)24(3)16-17-10-11-19-15-21(26-4)13-12-18(19)14-17/h5-15H,16H2,1-4H3. The molecule has 26 heavy (non-hydrogen) atoms. The lowest BCUT2D eigenvalue weighted by atomic mass is 9.83. The van der Waals surface area contributed by atoms with E-state index in [4.69, 9.17) is 4.74 Å². The second-order valence-corrected chi connectivity index (χ2v) is 7.20. The van der Waals surface area contributed by atoms with E-state index in [0.717, 1.165) is 27.6 Å². The highest BCUT2D eigenvalue weighted by Crippen LogP contribution is 2.27. The van der Waals surface area contributed by atoms with Crippen molar-refractivity contribution >= 4 is 16.7 Å². The van der Waals surface area contributed by atoms with Crippen LogP contribution < -0.4 is 4.74 Å². The van der Waals surface area contributed by atoms with E-state index in [1.54, 1.807) is 12.0 Å². The maximum Gasteiger partial charge on any atom is 0.232 e. The lowest BCUT2D eigenvalue weighted by Crippen LogP contribution is -2.40. The summed E-state index contributed by atoms with van der Waals surface area (Å²) in [5.41, 5.74) is 1.59. The maximum atomic E-state index is 13.0. The Morgan fingerprint density at radius 3 is 2.31 bits per heavy atom. The first kappa shape index (κ1) is 18.0. The summed E-state index contributed by atoms with van der Waals surface area (Å²) in [4.78, 5) is 14.8. The number of hydrogen-bond donors (Lipinski definition) is 0. The molecule has 0 unspecified atom stereocenters. The summed E-state index contributed by atoms with van der Waals surface area (Å²) in [5.74, 6) is 0.959. The predicted molar refractivity (Wildman–Crippen MR) is 106 cm³/mol. The van der Waals surface area contributed by atoms with Crippen molar-refractivity contribution in [2.45, 2.75) is 25.8 Å². The molecule has 3 aromatic carbocycles. The topological polar surface area (TPSA) is 29.5 Å². The summed E-state index contributed by atoms with van der Waals surface area (Å²) in [5, 5.41) is 2.28. The number of methoxy groups -OCH3 is 1. The average Bonchev–Trinajstić information content (AvgIpc) is 2.67. The summed E-state index contributed by atoms with van der Waals surface area (Å²) in [6.07, 6.45) is 0. The van der Waals surface area contributed by atoms with Gasteiger partial charge >= 0.3 is 0 Å². The normalized spacial score (nSPS) is 11.4. The average molecular weight is 347 g/mol. The third-order valence-corrected chi connectivity index (χ3v) is 4.91. The van der Waals surface area contributed by atoms with Gasteiger partial charge in [0.05, 0.1) is 12.5 Å². The van der Waals surface area contributed by atoms with Gasteiger partial charge in [0, 0.05) is 13.6 Å².